The molecule has 0 bridgehead atoms. The van der Waals surface area contributed by atoms with Crippen LogP contribution in [-0.2, 0) is 11.3 Å². The maximum absolute atomic E-state index is 5.06. The molecule has 0 amide bonds. The first-order valence-electron chi connectivity index (χ1n) is 7.45. The Morgan fingerprint density at radius 1 is 1.24 bits per heavy atom. The molecule has 0 unspecified atom stereocenters. The molecule has 1 N–H and O–H groups in total. The lowest BCUT2D eigenvalue weighted by atomic mass is 10.0. The predicted octanol–water partition coefficient (Wildman–Crippen LogP) is 3.42. The van der Waals surface area contributed by atoms with Gasteiger partial charge in [0.1, 0.15) is 0 Å². The van der Waals surface area contributed by atoms with Gasteiger partial charge in [0.2, 0.25) is 5.95 Å². The van der Waals surface area contributed by atoms with Crippen molar-refractivity contribution in [1.82, 2.24) is 9.55 Å². The summed E-state index contributed by atoms with van der Waals surface area (Å²) in [4.78, 5) is 4.52. The number of ether oxygens (including phenoxy) is 1. The van der Waals surface area contributed by atoms with E-state index in [1.165, 1.54) is 11.1 Å². The van der Waals surface area contributed by atoms with E-state index in [2.05, 4.69) is 59.2 Å². The fourth-order valence-electron chi connectivity index (χ4n) is 2.28. The van der Waals surface area contributed by atoms with Gasteiger partial charge in [0.15, 0.2) is 0 Å². The number of hydrogen-bond acceptors (Lipinski definition) is 3. The standard InChI is InChI=1S/C17H25N3O/c1-13(2)16-7-5-15(6-8-16)12-20-11-14(3)19-17(20)18-9-10-21-4/h5-8,11,13H,9-10,12H2,1-4H3,(H,18,19). The zero-order valence-corrected chi connectivity index (χ0v) is 13.4. The van der Waals surface area contributed by atoms with Gasteiger partial charge in [-0.25, -0.2) is 4.98 Å². The number of methoxy groups -OCH3 is 1. The van der Waals surface area contributed by atoms with Crippen LogP contribution in [0.5, 0.6) is 0 Å². The molecule has 0 fully saturated rings. The topological polar surface area (TPSA) is 39.1 Å². The van der Waals surface area contributed by atoms with E-state index in [-0.39, 0.29) is 0 Å². The van der Waals surface area contributed by atoms with Crippen molar-refractivity contribution in [3.8, 4) is 0 Å². The Hall–Kier alpha value is -1.81. The minimum Gasteiger partial charge on any atom is -0.383 e. The molecule has 21 heavy (non-hydrogen) atoms. The van der Waals surface area contributed by atoms with Crippen LogP contribution in [0.1, 0.15) is 36.6 Å². The number of benzene rings is 1. The lowest BCUT2D eigenvalue weighted by Crippen LogP contribution is -2.12. The van der Waals surface area contributed by atoms with Crippen LogP contribution >= 0.6 is 0 Å². The largest absolute Gasteiger partial charge is 0.383 e. The fourth-order valence-corrected chi connectivity index (χ4v) is 2.28. The molecule has 114 valence electrons. The summed E-state index contributed by atoms with van der Waals surface area (Å²) in [5.74, 6) is 1.47. The molecule has 4 nitrogen and oxygen atoms in total. The number of imidazole rings is 1. The third-order valence-electron chi connectivity index (χ3n) is 3.49. The SMILES string of the molecule is COCCNc1nc(C)cn1Cc1ccc(C(C)C)cc1. The minimum atomic E-state index is 0.570. The molecule has 2 rings (SSSR count). The highest BCUT2D eigenvalue weighted by Crippen LogP contribution is 2.17. The van der Waals surface area contributed by atoms with Gasteiger partial charge in [0.05, 0.1) is 18.8 Å². The van der Waals surface area contributed by atoms with Gasteiger partial charge >= 0.3 is 0 Å². The lowest BCUT2D eigenvalue weighted by Gasteiger charge is -2.11. The van der Waals surface area contributed by atoms with Gasteiger partial charge < -0.3 is 14.6 Å². The maximum atomic E-state index is 5.06. The summed E-state index contributed by atoms with van der Waals surface area (Å²) in [7, 11) is 1.70. The van der Waals surface area contributed by atoms with Crippen LogP contribution in [0, 0.1) is 6.92 Å². The van der Waals surface area contributed by atoms with Crippen molar-refractivity contribution in [2.45, 2.75) is 33.2 Å². The second-order valence-electron chi connectivity index (χ2n) is 5.65. The van der Waals surface area contributed by atoms with Crippen molar-refractivity contribution < 1.29 is 4.74 Å². The molecule has 0 radical (unpaired) electrons. The van der Waals surface area contributed by atoms with Crippen LogP contribution in [0.15, 0.2) is 30.5 Å². The number of aryl methyl sites for hydroxylation is 1. The summed E-state index contributed by atoms with van der Waals surface area (Å²) < 4.78 is 7.21. The summed E-state index contributed by atoms with van der Waals surface area (Å²) in [5.41, 5.74) is 3.68. The third kappa shape index (κ3) is 4.33. The van der Waals surface area contributed by atoms with Crippen molar-refractivity contribution in [3.05, 3.63) is 47.3 Å². The molecule has 0 saturated carbocycles. The van der Waals surface area contributed by atoms with E-state index in [1.54, 1.807) is 7.11 Å². The molecule has 0 spiro atoms. The summed E-state index contributed by atoms with van der Waals surface area (Å²) in [6, 6.07) is 8.82. The van der Waals surface area contributed by atoms with E-state index in [1.807, 2.05) is 6.92 Å². The summed E-state index contributed by atoms with van der Waals surface area (Å²) in [5, 5.41) is 3.31. The molecular formula is C17H25N3O. The molecule has 0 aliphatic rings. The van der Waals surface area contributed by atoms with Crippen molar-refractivity contribution in [1.29, 1.82) is 0 Å². The van der Waals surface area contributed by atoms with Crippen molar-refractivity contribution in [2.75, 3.05) is 25.6 Å². The van der Waals surface area contributed by atoms with Gasteiger partial charge in [-0.3, -0.25) is 0 Å². The molecule has 0 atom stereocenters. The van der Waals surface area contributed by atoms with Gasteiger partial charge in [0, 0.05) is 19.9 Å². The van der Waals surface area contributed by atoms with Gasteiger partial charge in [0.25, 0.3) is 0 Å². The Bertz CT molecular complexity index is 558. The summed E-state index contributed by atoms with van der Waals surface area (Å²) >= 11 is 0. The van der Waals surface area contributed by atoms with E-state index >= 15 is 0 Å². The molecule has 2 aromatic rings. The zero-order chi connectivity index (χ0) is 15.2. The minimum absolute atomic E-state index is 0.570. The van der Waals surface area contributed by atoms with Crippen molar-refractivity contribution in [3.63, 3.8) is 0 Å². The molecule has 1 aromatic heterocycles. The number of nitrogens with zero attached hydrogens (tertiary/aromatic N) is 2. The molecule has 0 aliphatic carbocycles. The highest BCUT2D eigenvalue weighted by Gasteiger charge is 2.06. The van der Waals surface area contributed by atoms with Crippen LogP contribution in [0.3, 0.4) is 0 Å². The Balaban J connectivity index is 2.07. The molecule has 1 aromatic carbocycles. The van der Waals surface area contributed by atoms with E-state index in [0.717, 1.165) is 24.7 Å². The first-order valence-corrected chi connectivity index (χ1v) is 7.45. The van der Waals surface area contributed by atoms with E-state index in [0.29, 0.717) is 12.5 Å². The van der Waals surface area contributed by atoms with Gasteiger partial charge in [-0.2, -0.15) is 0 Å². The second kappa shape index (κ2) is 7.27. The van der Waals surface area contributed by atoms with Crippen molar-refractivity contribution in [2.24, 2.45) is 0 Å². The normalized spacial score (nSPS) is 11.1. The smallest absolute Gasteiger partial charge is 0.203 e. The third-order valence-corrected chi connectivity index (χ3v) is 3.49. The zero-order valence-electron chi connectivity index (χ0n) is 13.4. The van der Waals surface area contributed by atoms with Crippen molar-refractivity contribution >= 4 is 5.95 Å². The molecular weight excluding hydrogens is 262 g/mol. The van der Waals surface area contributed by atoms with Crippen LogP contribution < -0.4 is 5.32 Å². The Morgan fingerprint density at radius 2 is 1.95 bits per heavy atom. The average molecular weight is 287 g/mol. The monoisotopic (exact) mass is 287 g/mol. The number of nitrogens with one attached hydrogen (secondary N) is 1. The molecule has 4 heteroatoms. The average Bonchev–Trinajstić information content (AvgIpc) is 2.80. The van der Waals surface area contributed by atoms with Gasteiger partial charge in [-0.05, 0) is 24.0 Å². The Kier molecular flexibility index (Phi) is 5.39. The number of aromatic nitrogens is 2. The molecule has 1 heterocycles. The van der Waals surface area contributed by atoms with Gasteiger partial charge in [-0.1, -0.05) is 38.1 Å². The first-order chi connectivity index (χ1) is 10.1. The van der Waals surface area contributed by atoms with Crippen LogP contribution in [0.2, 0.25) is 0 Å². The fraction of sp³-hybridized carbons (Fsp3) is 0.471. The van der Waals surface area contributed by atoms with E-state index in [4.69, 9.17) is 4.74 Å². The first kappa shape index (κ1) is 15.6. The van der Waals surface area contributed by atoms with Crippen LogP contribution in [-0.4, -0.2) is 29.8 Å². The Morgan fingerprint density at radius 3 is 2.57 bits per heavy atom. The van der Waals surface area contributed by atoms with E-state index in [9.17, 15) is 0 Å². The van der Waals surface area contributed by atoms with Gasteiger partial charge in [-0.15, -0.1) is 0 Å². The number of hydrogen-bond donors (Lipinski definition) is 1. The summed E-state index contributed by atoms with van der Waals surface area (Å²) in [6.07, 6.45) is 2.07. The van der Waals surface area contributed by atoms with Crippen LogP contribution in [0.4, 0.5) is 5.95 Å². The predicted molar refractivity (Wildman–Crippen MR) is 87.0 cm³/mol. The maximum Gasteiger partial charge on any atom is 0.203 e. The Labute approximate surface area is 127 Å². The highest BCUT2D eigenvalue weighted by molar-refractivity contribution is 5.31. The quantitative estimate of drug-likeness (QED) is 0.793. The number of rotatable bonds is 7. The molecule has 0 saturated heterocycles. The van der Waals surface area contributed by atoms with Crippen LogP contribution in [0.25, 0.3) is 0 Å². The van der Waals surface area contributed by atoms with E-state index < -0.39 is 0 Å². The second-order valence-corrected chi connectivity index (χ2v) is 5.65. The number of anilines is 1. The highest BCUT2D eigenvalue weighted by atomic mass is 16.5. The summed E-state index contributed by atoms with van der Waals surface area (Å²) in [6.45, 7) is 8.71. The lowest BCUT2D eigenvalue weighted by molar-refractivity contribution is 0.210. The molecule has 0 aliphatic heterocycles.